The summed E-state index contributed by atoms with van der Waals surface area (Å²) in [6, 6.07) is 12.1. The zero-order valence-corrected chi connectivity index (χ0v) is 15.8. The van der Waals surface area contributed by atoms with E-state index >= 15 is 0 Å². The van der Waals surface area contributed by atoms with E-state index in [2.05, 4.69) is 27.2 Å². The Labute approximate surface area is 163 Å². The van der Waals surface area contributed by atoms with E-state index in [0.29, 0.717) is 5.56 Å². The first kappa shape index (κ1) is 18.6. The van der Waals surface area contributed by atoms with Gasteiger partial charge in [-0.3, -0.25) is 10.00 Å². The number of ether oxygens (including phenoxy) is 1. The van der Waals surface area contributed by atoms with Crippen LogP contribution in [0.3, 0.4) is 0 Å². The molecule has 1 aliphatic heterocycles. The molecule has 2 heterocycles. The molecule has 0 saturated carbocycles. The zero-order chi connectivity index (χ0) is 19.5. The third-order valence-corrected chi connectivity index (χ3v) is 5.35. The van der Waals surface area contributed by atoms with E-state index in [0.717, 1.165) is 55.5 Å². The lowest BCUT2D eigenvalue weighted by Gasteiger charge is -2.32. The molecule has 1 saturated heterocycles. The maximum Gasteiger partial charge on any atom is 0.159 e. The molecule has 146 valence electrons. The molecule has 1 atom stereocenters. The molecule has 1 fully saturated rings. The molecule has 0 radical (unpaired) electrons. The highest BCUT2D eigenvalue weighted by molar-refractivity contribution is 5.66. The largest absolute Gasteiger partial charge is 0.497 e. The van der Waals surface area contributed by atoms with E-state index in [1.54, 1.807) is 19.4 Å². The molecule has 1 aromatic heterocycles. The number of benzene rings is 2. The van der Waals surface area contributed by atoms with Crippen molar-refractivity contribution >= 4 is 0 Å². The molecule has 6 heteroatoms. The topological polar surface area (TPSA) is 41.1 Å². The second-order valence-electron chi connectivity index (χ2n) is 7.25. The lowest BCUT2D eigenvalue weighted by atomic mass is 9.90. The standard InChI is InChI=1S/C22H23F2N3O/c1-28-18-6-2-4-15(10-18)13-27-9-3-5-17(14-27)22-19(12-25-26-22)16-7-8-20(23)21(24)11-16/h2,4,6-8,10-12,17H,3,5,9,13-14H2,1H3,(H,25,26)/t17-/m1/s1. The maximum atomic E-state index is 13.7. The number of methoxy groups -OCH3 is 1. The van der Waals surface area contributed by atoms with Gasteiger partial charge in [0, 0.05) is 30.3 Å². The Bertz CT molecular complexity index is 956. The fraction of sp³-hybridized carbons (Fsp3) is 0.318. The second-order valence-corrected chi connectivity index (χ2v) is 7.25. The van der Waals surface area contributed by atoms with Crippen LogP contribution in [-0.4, -0.2) is 35.3 Å². The lowest BCUT2D eigenvalue weighted by molar-refractivity contribution is 0.198. The highest BCUT2D eigenvalue weighted by Gasteiger charge is 2.25. The molecule has 1 aliphatic rings. The first-order chi connectivity index (χ1) is 13.6. The molecule has 0 amide bonds. The van der Waals surface area contributed by atoms with Gasteiger partial charge in [-0.2, -0.15) is 5.10 Å². The van der Waals surface area contributed by atoms with Crippen LogP contribution < -0.4 is 4.74 Å². The average molecular weight is 383 g/mol. The normalized spacial score (nSPS) is 17.6. The van der Waals surface area contributed by atoms with Crippen molar-refractivity contribution in [3.63, 3.8) is 0 Å². The van der Waals surface area contributed by atoms with E-state index in [1.807, 2.05) is 12.1 Å². The maximum absolute atomic E-state index is 13.7. The number of hydrogen-bond acceptors (Lipinski definition) is 3. The highest BCUT2D eigenvalue weighted by Crippen LogP contribution is 2.34. The number of likely N-dealkylation sites (tertiary alicyclic amines) is 1. The highest BCUT2D eigenvalue weighted by atomic mass is 19.2. The van der Waals surface area contributed by atoms with Crippen molar-refractivity contribution < 1.29 is 13.5 Å². The second kappa shape index (κ2) is 8.10. The average Bonchev–Trinajstić information content (AvgIpc) is 3.20. The summed E-state index contributed by atoms with van der Waals surface area (Å²) in [6.07, 6.45) is 3.81. The monoisotopic (exact) mass is 383 g/mol. The number of aromatic amines is 1. The van der Waals surface area contributed by atoms with Gasteiger partial charge in [-0.25, -0.2) is 8.78 Å². The summed E-state index contributed by atoms with van der Waals surface area (Å²) >= 11 is 0. The number of nitrogens with one attached hydrogen (secondary N) is 1. The Morgan fingerprint density at radius 3 is 2.89 bits per heavy atom. The van der Waals surface area contributed by atoms with Gasteiger partial charge in [-0.15, -0.1) is 0 Å². The van der Waals surface area contributed by atoms with Crippen molar-refractivity contribution in [1.82, 2.24) is 15.1 Å². The van der Waals surface area contributed by atoms with Crippen LogP contribution >= 0.6 is 0 Å². The van der Waals surface area contributed by atoms with Gasteiger partial charge in [0.05, 0.1) is 13.3 Å². The number of piperidine rings is 1. The predicted molar refractivity (Wildman–Crippen MR) is 104 cm³/mol. The van der Waals surface area contributed by atoms with Crippen LogP contribution in [0.1, 0.15) is 30.0 Å². The van der Waals surface area contributed by atoms with Crippen LogP contribution in [0.2, 0.25) is 0 Å². The van der Waals surface area contributed by atoms with Gasteiger partial charge in [0.1, 0.15) is 5.75 Å². The van der Waals surface area contributed by atoms with E-state index in [1.165, 1.54) is 11.6 Å². The van der Waals surface area contributed by atoms with E-state index in [9.17, 15) is 8.78 Å². The van der Waals surface area contributed by atoms with Crippen LogP contribution in [-0.2, 0) is 6.54 Å². The van der Waals surface area contributed by atoms with Crippen LogP contribution in [0.25, 0.3) is 11.1 Å². The summed E-state index contributed by atoms with van der Waals surface area (Å²) in [5, 5.41) is 7.28. The minimum absolute atomic E-state index is 0.268. The molecule has 0 aliphatic carbocycles. The molecule has 2 aromatic carbocycles. The number of halogens is 2. The molecule has 1 N–H and O–H groups in total. The van der Waals surface area contributed by atoms with Crippen LogP contribution in [0.4, 0.5) is 8.78 Å². The van der Waals surface area contributed by atoms with Crippen molar-refractivity contribution in [2.75, 3.05) is 20.2 Å². The summed E-state index contributed by atoms with van der Waals surface area (Å²) in [7, 11) is 1.67. The zero-order valence-electron chi connectivity index (χ0n) is 15.8. The number of nitrogens with zero attached hydrogens (tertiary/aromatic N) is 2. The van der Waals surface area contributed by atoms with Gasteiger partial charge in [-0.1, -0.05) is 18.2 Å². The van der Waals surface area contributed by atoms with E-state index in [4.69, 9.17) is 4.74 Å². The van der Waals surface area contributed by atoms with Crippen molar-refractivity contribution in [3.8, 4) is 16.9 Å². The molecule has 0 spiro atoms. The summed E-state index contributed by atoms with van der Waals surface area (Å²) in [4.78, 5) is 2.42. The summed E-state index contributed by atoms with van der Waals surface area (Å²) in [5.41, 5.74) is 3.69. The van der Waals surface area contributed by atoms with Crippen LogP contribution in [0, 0.1) is 11.6 Å². The Morgan fingerprint density at radius 1 is 1.18 bits per heavy atom. The SMILES string of the molecule is COc1cccc(CN2CCC[C@@H](c3[nH]ncc3-c3ccc(F)c(F)c3)C2)c1. The Balaban J connectivity index is 1.52. The third kappa shape index (κ3) is 3.92. The van der Waals surface area contributed by atoms with Crippen LogP contribution in [0.5, 0.6) is 5.75 Å². The van der Waals surface area contributed by atoms with E-state index < -0.39 is 11.6 Å². The minimum Gasteiger partial charge on any atom is -0.497 e. The van der Waals surface area contributed by atoms with Crippen molar-refractivity contribution in [1.29, 1.82) is 0 Å². The van der Waals surface area contributed by atoms with E-state index in [-0.39, 0.29) is 5.92 Å². The number of aromatic nitrogens is 2. The van der Waals surface area contributed by atoms with Gasteiger partial charge in [0.15, 0.2) is 11.6 Å². The molecular formula is C22H23F2N3O. The minimum atomic E-state index is -0.840. The summed E-state index contributed by atoms with van der Waals surface area (Å²) < 4.78 is 32.3. The summed E-state index contributed by atoms with van der Waals surface area (Å²) in [6.45, 7) is 2.76. The first-order valence-corrected chi connectivity index (χ1v) is 9.48. The first-order valence-electron chi connectivity index (χ1n) is 9.48. The van der Waals surface area contributed by atoms with Crippen molar-refractivity contribution in [2.24, 2.45) is 0 Å². The smallest absolute Gasteiger partial charge is 0.159 e. The van der Waals surface area contributed by atoms with Crippen molar-refractivity contribution in [2.45, 2.75) is 25.3 Å². The quantitative estimate of drug-likeness (QED) is 0.692. The number of rotatable bonds is 5. The fourth-order valence-corrected chi connectivity index (χ4v) is 3.96. The molecule has 0 bridgehead atoms. The fourth-order valence-electron chi connectivity index (χ4n) is 3.96. The molecule has 4 nitrogen and oxygen atoms in total. The Kier molecular flexibility index (Phi) is 5.39. The molecule has 4 rings (SSSR count). The molecular weight excluding hydrogens is 360 g/mol. The number of hydrogen-bond donors (Lipinski definition) is 1. The molecule has 0 unspecified atom stereocenters. The third-order valence-electron chi connectivity index (χ3n) is 5.35. The predicted octanol–water partition coefficient (Wildman–Crippen LogP) is 4.74. The van der Waals surface area contributed by atoms with Gasteiger partial charge in [0.25, 0.3) is 0 Å². The van der Waals surface area contributed by atoms with Crippen molar-refractivity contribution in [3.05, 3.63) is 71.6 Å². The molecule has 28 heavy (non-hydrogen) atoms. The Hall–Kier alpha value is -2.73. The summed E-state index contributed by atoms with van der Waals surface area (Å²) in [5.74, 6) is -0.547. The molecule has 3 aromatic rings. The van der Waals surface area contributed by atoms with Gasteiger partial charge in [-0.05, 0) is 54.8 Å². The van der Waals surface area contributed by atoms with Crippen LogP contribution in [0.15, 0.2) is 48.7 Å². The van der Waals surface area contributed by atoms with Gasteiger partial charge in [0.2, 0.25) is 0 Å². The van der Waals surface area contributed by atoms with Gasteiger partial charge >= 0.3 is 0 Å². The Morgan fingerprint density at radius 2 is 2.07 bits per heavy atom. The van der Waals surface area contributed by atoms with Gasteiger partial charge < -0.3 is 4.74 Å². The number of H-pyrrole nitrogens is 1. The lowest BCUT2D eigenvalue weighted by Crippen LogP contribution is -2.34.